The van der Waals surface area contributed by atoms with Gasteiger partial charge in [-0.25, -0.2) is 9.50 Å². The highest BCUT2D eigenvalue weighted by Crippen LogP contribution is 2.38. The molecule has 1 atom stereocenters. The van der Waals surface area contributed by atoms with Gasteiger partial charge in [0.15, 0.2) is 11.6 Å². The molecule has 0 spiro atoms. The predicted octanol–water partition coefficient (Wildman–Crippen LogP) is 1.86. The summed E-state index contributed by atoms with van der Waals surface area (Å²) in [6.45, 7) is 2.33. The molecule has 1 aromatic carbocycles. The smallest absolute Gasteiger partial charge is 0.283 e. The van der Waals surface area contributed by atoms with Crippen molar-refractivity contribution in [3.63, 3.8) is 0 Å². The molecular formula is C22H17N9O. The third-order valence-corrected chi connectivity index (χ3v) is 5.64. The van der Waals surface area contributed by atoms with Gasteiger partial charge in [0, 0.05) is 12.7 Å². The highest BCUT2D eigenvalue weighted by Gasteiger charge is 2.37. The molecule has 4 aromatic rings. The summed E-state index contributed by atoms with van der Waals surface area (Å²) in [5.41, 5.74) is 7.46. The number of anilines is 2. The van der Waals surface area contributed by atoms with Gasteiger partial charge in [0.2, 0.25) is 5.95 Å². The molecule has 0 aliphatic carbocycles. The highest BCUT2D eigenvalue weighted by molar-refractivity contribution is 5.62. The lowest BCUT2D eigenvalue weighted by molar-refractivity contribution is 0.422. The van der Waals surface area contributed by atoms with Gasteiger partial charge in [-0.15, -0.1) is 0 Å². The minimum Gasteiger partial charge on any atom is -0.368 e. The number of benzene rings is 1. The summed E-state index contributed by atoms with van der Waals surface area (Å²) in [5.74, 6) is 0.988. The normalized spacial score (nSPS) is 15.2. The van der Waals surface area contributed by atoms with Crippen LogP contribution in [0.5, 0.6) is 0 Å². The number of rotatable bonds is 3. The van der Waals surface area contributed by atoms with Crippen molar-refractivity contribution < 1.29 is 0 Å². The third-order valence-electron chi connectivity index (χ3n) is 5.64. The van der Waals surface area contributed by atoms with Gasteiger partial charge in [-0.3, -0.25) is 9.36 Å². The number of hydrogen-bond acceptors (Lipinski definition) is 8. The first-order valence-corrected chi connectivity index (χ1v) is 9.94. The van der Waals surface area contributed by atoms with E-state index in [1.807, 2.05) is 35.2 Å². The number of para-hydroxylation sites is 1. The molecule has 0 saturated carbocycles. The van der Waals surface area contributed by atoms with E-state index in [4.69, 9.17) is 10.8 Å². The molecule has 0 amide bonds. The predicted molar refractivity (Wildman–Crippen MR) is 116 cm³/mol. The molecule has 32 heavy (non-hydrogen) atoms. The lowest BCUT2D eigenvalue weighted by atomic mass is 10.0. The van der Waals surface area contributed by atoms with Crippen LogP contribution in [0.15, 0.2) is 47.4 Å². The summed E-state index contributed by atoms with van der Waals surface area (Å²) in [7, 11) is 0. The molecule has 10 nitrogen and oxygen atoms in total. The van der Waals surface area contributed by atoms with Crippen LogP contribution in [0.1, 0.15) is 35.1 Å². The van der Waals surface area contributed by atoms with Crippen molar-refractivity contribution in [1.82, 2.24) is 24.1 Å². The SMILES string of the molecule is Cc1nc(N)nc(N2CCC2c2nn3ccc(C#N)c3c(=O)n2-c2ccccc2)c1C#N. The molecule has 0 radical (unpaired) electrons. The fourth-order valence-corrected chi connectivity index (χ4v) is 4.04. The zero-order valence-corrected chi connectivity index (χ0v) is 17.1. The zero-order valence-electron chi connectivity index (χ0n) is 17.1. The minimum atomic E-state index is -0.339. The molecule has 1 saturated heterocycles. The van der Waals surface area contributed by atoms with E-state index >= 15 is 0 Å². The van der Waals surface area contributed by atoms with Crippen LogP contribution in [0.4, 0.5) is 11.8 Å². The van der Waals surface area contributed by atoms with Crippen molar-refractivity contribution in [1.29, 1.82) is 10.5 Å². The summed E-state index contributed by atoms with van der Waals surface area (Å²) < 4.78 is 2.97. The Labute approximate surface area is 182 Å². The largest absolute Gasteiger partial charge is 0.368 e. The van der Waals surface area contributed by atoms with Gasteiger partial charge in [0.25, 0.3) is 5.56 Å². The quantitative estimate of drug-likeness (QED) is 0.526. The maximum Gasteiger partial charge on any atom is 0.283 e. The molecule has 156 valence electrons. The Balaban J connectivity index is 1.75. The van der Waals surface area contributed by atoms with Crippen LogP contribution in [0, 0.1) is 29.6 Å². The first kappa shape index (κ1) is 19.3. The Morgan fingerprint density at radius 3 is 2.56 bits per heavy atom. The number of nitrogens with two attached hydrogens (primary N) is 1. The van der Waals surface area contributed by atoms with Gasteiger partial charge in [-0.05, 0) is 31.5 Å². The van der Waals surface area contributed by atoms with Crippen molar-refractivity contribution in [2.45, 2.75) is 19.4 Å². The van der Waals surface area contributed by atoms with Crippen molar-refractivity contribution >= 4 is 17.3 Å². The van der Waals surface area contributed by atoms with Crippen LogP contribution in [0.3, 0.4) is 0 Å². The maximum atomic E-state index is 13.5. The number of nitrogen functional groups attached to an aromatic ring is 1. The van der Waals surface area contributed by atoms with Crippen LogP contribution in [0.2, 0.25) is 0 Å². The Bertz CT molecular complexity index is 1510. The monoisotopic (exact) mass is 423 g/mol. The van der Waals surface area contributed by atoms with Gasteiger partial charge in [-0.1, -0.05) is 18.2 Å². The molecule has 3 aromatic heterocycles. The van der Waals surface area contributed by atoms with Crippen molar-refractivity contribution in [3.05, 3.63) is 75.6 Å². The van der Waals surface area contributed by atoms with E-state index in [2.05, 4.69) is 22.1 Å². The molecule has 1 aliphatic rings. The van der Waals surface area contributed by atoms with Crippen LogP contribution in [-0.2, 0) is 0 Å². The first-order valence-electron chi connectivity index (χ1n) is 9.94. The first-order chi connectivity index (χ1) is 15.5. The van der Waals surface area contributed by atoms with E-state index in [0.29, 0.717) is 41.6 Å². The molecule has 1 unspecified atom stereocenters. The Morgan fingerprint density at radius 1 is 1.12 bits per heavy atom. The van der Waals surface area contributed by atoms with Gasteiger partial charge < -0.3 is 10.6 Å². The average Bonchev–Trinajstić information content (AvgIpc) is 3.17. The molecule has 5 rings (SSSR count). The molecule has 4 heterocycles. The van der Waals surface area contributed by atoms with Crippen molar-refractivity contribution in [2.24, 2.45) is 0 Å². The maximum absolute atomic E-state index is 13.5. The molecule has 1 aliphatic heterocycles. The molecule has 10 heteroatoms. The van der Waals surface area contributed by atoms with Gasteiger partial charge in [-0.2, -0.15) is 20.6 Å². The second-order valence-corrected chi connectivity index (χ2v) is 7.44. The number of aryl methyl sites for hydroxylation is 1. The second-order valence-electron chi connectivity index (χ2n) is 7.44. The highest BCUT2D eigenvalue weighted by atomic mass is 16.1. The van der Waals surface area contributed by atoms with Crippen LogP contribution >= 0.6 is 0 Å². The Morgan fingerprint density at radius 2 is 1.91 bits per heavy atom. The summed E-state index contributed by atoms with van der Waals surface area (Å²) in [4.78, 5) is 23.9. The Hall–Kier alpha value is -4.70. The summed E-state index contributed by atoms with van der Waals surface area (Å²) in [5, 5.41) is 23.8. The van der Waals surface area contributed by atoms with Crippen LogP contribution in [0.25, 0.3) is 11.2 Å². The zero-order chi connectivity index (χ0) is 22.4. The third kappa shape index (κ3) is 2.78. The van der Waals surface area contributed by atoms with E-state index in [0.717, 1.165) is 0 Å². The lowest BCUT2D eigenvalue weighted by Gasteiger charge is -2.42. The molecule has 2 N–H and O–H groups in total. The molecule has 0 bridgehead atoms. The van der Waals surface area contributed by atoms with Crippen LogP contribution in [-0.4, -0.2) is 30.7 Å². The Kier molecular flexibility index (Phi) is 4.35. The van der Waals surface area contributed by atoms with Crippen molar-refractivity contribution in [2.75, 3.05) is 17.2 Å². The van der Waals surface area contributed by atoms with E-state index in [9.17, 15) is 15.3 Å². The number of nitriles is 2. The average molecular weight is 423 g/mol. The summed E-state index contributed by atoms with van der Waals surface area (Å²) >= 11 is 0. The number of hydrogen-bond donors (Lipinski definition) is 1. The minimum absolute atomic E-state index is 0.0788. The standard InChI is InChI=1S/C22H17N9O/c1-13-16(12-24)19(27-22(25)26-13)29-9-8-17(29)20-28-30-10-7-14(11-23)18(30)21(32)31(20)15-5-3-2-4-6-15/h2-7,10,17H,8-9H2,1H3,(H2,25,26,27). The lowest BCUT2D eigenvalue weighted by Crippen LogP contribution is -2.45. The topological polar surface area (TPSA) is 142 Å². The second kappa shape index (κ2) is 7.22. The van der Waals surface area contributed by atoms with Crippen LogP contribution < -0.4 is 16.2 Å². The van der Waals surface area contributed by atoms with E-state index in [-0.39, 0.29) is 28.6 Å². The number of nitrogens with zero attached hydrogens (tertiary/aromatic N) is 8. The van der Waals surface area contributed by atoms with E-state index in [1.54, 1.807) is 19.2 Å². The fourth-order valence-electron chi connectivity index (χ4n) is 4.04. The van der Waals surface area contributed by atoms with E-state index < -0.39 is 0 Å². The summed E-state index contributed by atoms with van der Waals surface area (Å²) in [6, 6.07) is 14.6. The van der Waals surface area contributed by atoms with E-state index in [1.165, 1.54) is 9.08 Å². The number of aromatic nitrogens is 5. The summed E-state index contributed by atoms with van der Waals surface area (Å²) in [6.07, 6.45) is 2.30. The number of fused-ring (bicyclic) bond motifs is 1. The fraction of sp³-hybridized carbons (Fsp3) is 0.182. The van der Waals surface area contributed by atoms with Gasteiger partial charge in [0.05, 0.1) is 23.0 Å². The molecular weight excluding hydrogens is 406 g/mol. The van der Waals surface area contributed by atoms with Gasteiger partial charge in [0.1, 0.15) is 23.2 Å². The van der Waals surface area contributed by atoms with Crippen molar-refractivity contribution in [3.8, 4) is 17.8 Å². The van der Waals surface area contributed by atoms with Gasteiger partial charge >= 0.3 is 0 Å². The molecule has 1 fully saturated rings.